The number of alkyl halides is 3. The Morgan fingerprint density at radius 1 is 1.03 bits per heavy atom. The second-order valence-electron chi connectivity index (χ2n) is 8.26. The van der Waals surface area contributed by atoms with Crippen LogP contribution in [0.2, 0.25) is 0 Å². The number of morpholine rings is 1. The van der Waals surface area contributed by atoms with Crippen molar-refractivity contribution in [2.45, 2.75) is 45.2 Å². The molecular formula is C20H29F3N4O4S. The van der Waals surface area contributed by atoms with E-state index in [0.29, 0.717) is 26.2 Å². The Hall–Kier alpha value is -1.73. The van der Waals surface area contributed by atoms with E-state index in [2.05, 4.69) is 5.32 Å². The van der Waals surface area contributed by atoms with Crippen molar-refractivity contribution in [1.82, 2.24) is 13.5 Å². The zero-order chi connectivity index (χ0) is 23.7. The zero-order valence-electron chi connectivity index (χ0n) is 18.3. The van der Waals surface area contributed by atoms with Gasteiger partial charge in [-0.1, -0.05) is 0 Å². The van der Waals surface area contributed by atoms with Gasteiger partial charge in [0, 0.05) is 45.0 Å². The molecule has 0 spiro atoms. The number of carbonyl (C=O) groups excluding carboxylic acids is 1. The second kappa shape index (κ2) is 9.64. The molecule has 2 fully saturated rings. The smallest absolute Gasteiger partial charge is 0.373 e. The minimum Gasteiger partial charge on any atom is -0.373 e. The van der Waals surface area contributed by atoms with Crippen molar-refractivity contribution in [3.8, 4) is 0 Å². The van der Waals surface area contributed by atoms with Crippen LogP contribution in [0, 0.1) is 0 Å². The first-order chi connectivity index (χ1) is 14.9. The molecule has 0 unspecified atom stereocenters. The molecule has 1 aromatic rings. The molecule has 32 heavy (non-hydrogen) atoms. The van der Waals surface area contributed by atoms with Gasteiger partial charge >= 0.3 is 6.18 Å². The highest BCUT2D eigenvalue weighted by atomic mass is 32.2. The maximum atomic E-state index is 13.0. The number of hydrogen-bond acceptors (Lipinski definition) is 5. The molecule has 8 nitrogen and oxygen atoms in total. The zero-order valence-corrected chi connectivity index (χ0v) is 19.1. The number of anilines is 1. The Labute approximate surface area is 186 Å². The van der Waals surface area contributed by atoms with Gasteiger partial charge in [-0.25, -0.2) is 0 Å². The fourth-order valence-electron chi connectivity index (χ4n) is 3.96. The van der Waals surface area contributed by atoms with Crippen LogP contribution in [0.1, 0.15) is 26.3 Å². The quantitative estimate of drug-likeness (QED) is 0.700. The summed E-state index contributed by atoms with van der Waals surface area (Å²) in [6.45, 7) is 7.22. The molecule has 0 radical (unpaired) electrons. The van der Waals surface area contributed by atoms with Crippen molar-refractivity contribution in [3.05, 3.63) is 29.8 Å². The fraction of sp³-hybridized carbons (Fsp3) is 0.650. The van der Waals surface area contributed by atoms with Crippen molar-refractivity contribution in [2.75, 3.05) is 44.6 Å². The van der Waals surface area contributed by atoms with Gasteiger partial charge in [0.25, 0.3) is 10.2 Å². The van der Waals surface area contributed by atoms with Crippen molar-refractivity contribution < 1.29 is 31.1 Å². The summed E-state index contributed by atoms with van der Waals surface area (Å²) in [4.78, 5) is 14.4. The predicted molar refractivity (Wildman–Crippen MR) is 113 cm³/mol. The Balaban J connectivity index is 1.54. The van der Waals surface area contributed by atoms with E-state index in [-0.39, 0.29) is 36.9 Å². The van der Waals surface area contributed by atoms with Crippen molar-refractivity contribution in [1.29, 1.82) is 0 Å². The Morgan fingerprint density at radius 2 is 1.56 bits per heavy atom. The lowest BCUT2D eigenvalue weighted by Gasteiger charge is -2.41. The van der Waals surface area contributed by atoms with E-state index in [1.54, 1.807) is 6.92 Å². The minimum atomic E-state index is -4.44. The average Bonchev–Trinajstić information content (AvgIpc) is 2.72. The molecule has 2 aliphatic rings. The molecule has 1 amide bonds. The van der Waals surface area contributed by atoms with E-state index in [1.807, 2.05) is 18.7 Å². The Kier molecular flexibility index (Phi) is 7.50. The first-order valence-corrected chi connectivity index (χ1v) is 11.9. The number of carbonyl (C=O) groups is 1. The van der Waals surface area contributed by atoms with Crippen LogP contribution in [0.3, 0.4) is 0 Å². The molecule has 0 aliphatic carbocycles. The van der Waals surface area contributed by atoms with Gasteiger partial charge in [-0.15, -0.1) is 0 Å². The van der Waals surface area contributed by atoms with Gasteiger partial charge in [-0.05, 0) is 45.0 Å². The van der Waals surface area contributed by atoms with Gasteiger partial charge in [0.2, 0.25) is 5.91 Å². The molecule has 2 heterocycles. The number of amides is 1. The molecule has 2 saturated heterocycles. The minimum absolute atomic E-state index is 0.177. The second-order valence-corrected chi connectivity index (χ2v) is 10.2. The maximum Gasteiger partial charge on any atom is 0.416 e. The lowest BCUT2D eigenvalue weighted by molar-refractivity contribution is -0.137. The SMILES string of the molecule is C[C@@H]1CN(S(=O)(=O)N2CCN([C@H](C)C(=O)Nc3ccc(C(F)(F)F)cc3)CC2)C[C@H](C)O1. The summed E-state index contributed by atoms with van der Waals surface area (Å²) in [6, 6.07) is 3.68. The van der Waals surface area contributed by atoms with E-state index >= 15 is 0 Å². The van der Waals surface area contributed by atoms with Crippen LogP contribution in [-0.4, -0.2) is 85.4 Å². The number of piperazine rings is 1. The summed E-state index contributed by atoms with van der Waals surface area (Å²) < 4.78 is 72.5. The normalized spacial score (nSPS) is 25.4. The van der Waals surface area contributed by atoms with Crippen LogP contribution in [0.15, 0.2) is 24.3 Å². The topological polar surface area (TPSA) is 82.2 Å². The lowest BCUT2D eigenvalue weighted by atomic mass is 10.2. The summed E-state index contributed by atoms with van der Waals surface area (Å²) in [5, 5.41) is 2.62. The highest BCUT2D eigenvalue weighted by Gasteiger charge is 2.38. The number of ether oxygens (including phenoxy) is 1. The third-order valence-electron chi connectivity index (χ3n) is 5.72. The maximum absolute atomic E-state index is 13.0. The number of nitrogens with zero attached hydrogens (tertiary/aromatic N) is 3. The molecule has 0 saturated carbocycles. The van der Waals surface area contributed by atoms with Gasteiger partial charge < -0.3 is 10.1 Å². The Bertz CT molecular complexity index is 892. The average molecular weight is 479 g/mol. The molecule has 1 N–H and O–H groups in total. The number of halogens is 3. The molecule has 12 heteroatoms. The van der Waals surface area contributed by atoms with Crippen molar-refractivity contribution >= 4 is 21.8 Å². The highest BCUT2D eigenvalue weighted by Crippen LogP contribution is 2.30. The molecule has 0 bridgehead atoms. The van der Waals surface area contributed by atoms with Crippen LogP contribution < -0.4 is 5.32 Å². The predicted octanol–water partition coefficient (Wildman–Crippen LogP) is 2.00. The Morgan fingerprint density at radius 3 is 2.06 bits per heavy atom. The van der Waals surface area contributed by atoms with Crippen molar-refractivity contribution in [2.24, 2.45) is 0 Å². The summed E-state index contributed by atoms with van der Waals surface area (Å²) in [7, 11) is -3.62. The number of rotatable bonds is 5. The molecule has 180 valence electrons. The van der Waals surface area contributed by atoms with E-state index in [4.69, 9.17) is 4.74 Å². The first kappa shape index (κ1) is 24.9. The van der Waals surface area contributed by atoms with Crippen LogP contribution in [0.25, 0.3) is 0 Å². The molecule has 1 aromatic carbocycles. The largest absolute Gasteiger partial charge is 0.416 e. The van der Waals surface area contributed by atoms with E-state index in [0.717, 1.165) is 12.1 Å². The number of benzene rings is 1. The number of hydrogen-bond donors (Lipinski definition) is 1. The van der Waals surface area contributed by atoms with E-state index in [1.165, 1.54) is 20.7 Å². The lowest BCUT2D eigenvalue weighted by Crippen LogP contribution is -2.58. The van der Waals surface area contributed by atoms with Gasteiger partial charge in [0.1, 0.15) is 0 Å². The number of nitrogens with one attached hydrogen (secondary N) is 1. The summed E-state index contributed by atoms with van der Waals surface area (Å²) in [6.07, 6.45) is -4.79. The van der Waals surface area contributed by atoms with Crippen molar-refractivity contribution in [3.63, 3.8) is 0 Å². The molecule has 3 rings (SSSR count). The van der Waals surface area contributed by atoms with Gasteiger partial charge in [0.05, 0.1) is 23.8 Å². The van der Waals surface area contributed by atoms with Gasteiger partial charge in [-0.3, -0.25) is 9.69 Å². The monoisotopic (exact) mass is 478 g/mol. The van der Waals surface area contributed by atoms with Gasteiger partial charge in [0.15, 0.2) is 0 Å². The van der Waals surface area contributed by atoms with Crippen LogP contribution in [0.5, 0.6) is 0 Å². The molecule has 2 aliphatic heterocycles. The molecule has 0 aromatic heterocycles. The molecule has 3 atom stereocenters. The summed E-state index contributed by atoms with van der Waals surface area (Å²) in [5.41, 5.74) is -0.517. The van der Waals surface area contributed by atoms with Crippen LogP contribution >= 0.6 is 0 Å². The van der Waals surface area contributed by atoms with E-state index < -0.39 is 28.0 Å². The molecular weight excluding hydrogens is 449 g/mol. The summed E-state index contributed by atoms with van der Waals surface area (Å²) >= 11 is 0. The first-order valence-electron chi connectivity index (χ1n) is 10.5. The van der Waals surface area contributed by atoms with Crippen LogP contribution in [-0.2, 0) is 25.9 Å². The van der Waals surface area contributed by atoms with Gasteiger partial charge in [-0.2, -0.15) is 30.2 Å². The third-order valence-corrected chi connectivity index (χ3v) is 7.69. The van der Waals surface area contributed by atoms with Crippen LogP contribution in [0.4, 0.5) is 18.9 Å². The fourth-order valence-corrected chi connectivity index (χ4v) is 5.71. The summed E-state index contributed by atoms with van der Waals surface area (Å²) in [5.74, 6) is -0.364. The standard InChI is InChI=1S/C20H29F3N4O4S/c1-14-12-27(13-15(2)31-14)32(29,30)26-10-8-25(9-11-26)16(3)19(28)24-18-6-4-17(5-7-18)20(21,22)23/h4-7,14-16H,8-13H2,1-3H3,(H,24,28)/t14-,15+,16-/m1/s1. The van der Waals surface area contributed by atoms with E-state index in [9.17, 15) is 26.4 Å². The third kappa shape index (κ3) is 5.79. The highest BCUT2D eigenvalue weighted by molar-refractivity contribution is 7.86.